The number of rotatable bonds is 5. The molecule has 31 heavy (non-hydrogen) atoms. The molecule has 5 nitrogen and oxygen atoms in total. The third-order valence-corrected chi connectivity index (χ3v) is 6.05. The first kappa shape index (κ1) is 21.2. The van der Waals surface area contributed by atoms with E-state index in [1.807, 2.05) is 55.5 Å². The molecular weight excluding hydrogens is 390 g/mol. The maximum absolute atomic E-state index is 13.4. The quantitative estimate of drug-likeness (QED) is 0.664. The number of ketones is 1. The minimum atomic E-state index is -0.250. The molecule has 4 rings (SSSR count). The lowest BCUT2D eigenvalue weighted by molar-refractivity contribution is -0.121. The summed E-state index contributed by atoms with van der Waals surface area (Å²) in [7, 11) is 1.62. The lowest BCUT2D eigenvalue weighted by Gasteiger charge is -2.43. The number of hydrogen-bond acceptors (Lipinski definition) is 4. The first-order valence-corrected chi connectivity index (χ1v) is 10.8. The molecule has 0 saturated carbocycles. The van der Waals surface area contributed by atoms with Crippen LogP contribution in [-0.2, 0) is 9.59 Å². The van der Waals surface area contributed by atoms with Crippen molar-refractivity contribution in [2.75, 3.05) is 18.6 Å². The second-order valence-corrected chi connectivity index (χ2v) is 8.99. The zero-order valence-electron chi connectivity index (χ0n) is 18.6. The number of ether oxygens (including phenoxy) is 2. The maximum Gasteiger partial charge on any atom is 0.232 e. The van der Waals surface area contributed by atoms with Gasteiger partial charge in [-0.2, -0.15) is 0 Å². The predicted octanol–water partition coefficient (Wildman–Crippen LogP) is 5.26. The molecule has 162 valence electrons. The fraction of sp³-hybridized carbons (Fsp3) is 0.385. The van der Waals surface area contributed by atoms with Gasteiger partial charge in [-0.15, -0.1) is 0 Å². The summed E-state index contributed by atoms with van der Waals surface area (Å²) in [5, 5.41) is 0. The Labute approximate surface area is 183 Å². The molecule has 2 aromatic carbocycles. The molecule has 0 radical (unpaired) electrons. The van der Waals surface area contributed by atoms with Crippen molar-refractivity contribution in [2.45, 2.75) is 46.0 Å². The van der Waals surface area contributed by atoms with Crippen molar-refractivity contribution >= 4 is 17.4 Å². The summed E-state index contributed by atoms with van der Waals surface area (Å²) in [6.45, 7) is 6.70. The minimum Gasteiger partial charge on any atom is -0.497 e. The van der Waals surface area contributed by atoms with E-state index in [9.17, 15) is 9.59 Å². The van der Waals surface area contributed by atoms with E-state index in [-0.39, 0.29) is 29.4 Å². The molecule has 2 aromatic rings. The van der Waals surface area contributed by atoms with Crippen LogP contribution in [0.25, 0.3) is 0 Å². The maximum atomic E-state index is 13.4. The van der Waals surface area contributed by atoms with Gasteiger partial charge >= 0.3 is 0 Å². The summed E-state index contributed by atoms with van der Waals surface area (Å²) in [6.07, 6.45) is 1.41. The second kappa shape index (κ2) is 8.22. The molecule has 2 aliphatic rings. The first-order chi connectivity index (χ1) is 14.8. The third-order valence-electron chi connectivity index (χ3n) is 6.05. The van der Waals surface area contributed by atoms with Crippen LogP contribution in [0, 0.1) is 5.41 Å². The molecular formula is C26H29NO4. The molecule has 0 aromatic heterocycles. The summed E-state index contributed by atoms with van der Waals surface area (Å²) < 4.78 is 10.9. The van der Waals surface area contributed by atoms with E-state index >= 15 is 0 Å². The Morgan fingerprint density at radius 3 is 2.45 bits per heavy atom. The summed E-state index contributed by atoms with van der Waals surface area (Å²) in [6, 6.07) is 15.2. The topological polar surface area (TPSA) is 55.8 Å². The van der Waals surface area contributed by atoms with Gasteiger partial charge in [-0.05, 0) is 60.7 Å². The van der Waals surface area contributed by atoms with Crippen molar-refractivity contribution < 1.29 is 19.1 Å². The molecule has 1 unspecified atom stereocenters. The Kier molecular flexibility index (Phi) is 5.61. The van der Waals surface area contributed by atoms with Crippen LogP contribution in [0.5, 0.6) is 11.5 Å². The second-order valence-electron chi connectivity index (χ2n) is 8.99. The molecule has 0 bridgehead atoms. The average molecular weight is 420 g/mol. The van der Waals surface area contributed by atoms with Gasteiger partial charge in [-0.1, -0.05) is 26.0 Å². The van der Waals surface area contributed by atoms with Gasteiger partial charge in [0, 0.05) is 35.7 Å². The molecule has 1 aliphatic carbocycles. The Morgan fingerprint density at radius 2 is 1.77 bits per heavy atom. The molecule has 1 heterocycles. The van der Waals surface area contributed by atoms with Crippen molar-refractivity contribution in [3.05, 3.63) is 65.4 Å². The summed E-state index contributed by atoms with van der Waals surface area (Å²) in [5.41, 5.74) is 3.11. The monoisotopic (exact) mass is 419 g/mol. The van der Waals surface area contributed by atoms with Gasteiger partial charge in [-0.3, -0.25) is 14.5 Å². The highest BCUT2D eigenvalue weighted by molar-refractivity contribution is 6.07. The van der Waals surface area contributed by atoms with Crippen LogP contribution in [-0.4, -0.2) is 25.4 Å². The fourth-order valence-electron chi connectivity index (χ4n) is 4.72. The number of nitrogens with zero attached hydrogens (tertiary/aromatic N) is 1. The normalized spacial score (nSPS) is 20.5. The Bertz CT molecular complexity index is 1040. The van der Waals surface area contributed by atoms with E-state index in [0.717, 1.165) is 34.0 Å². The first-order valence-electron chi connectivity index (χ1n) is 10.8. The lowest BCUT2D eigenvalue weighted by atomic mass is 9.69. The third kappa shape index (κ3) is 4.09. The van der Waals surface area contributed by atoms with Crippen LogP contribution in [0.2, 0.25) is 0 Å². The molecule has 5 heteroatoms. The average Bonchev–Trinajstić information content (AvgIpc) is 2.73. The molecule has 1 amide bonds. The number of Topliss-reactive ketones (excluding diaryl/α,β-unsaturated/α-hetero) is 1. The number of methoxy groups -OCH3 is 1. The summed E-state index contributed by atoms with van der Waals surface area (Å²) in [5.74, 6) is 1.37. The smallest absolute Gasteiger partial charge is 0.232 e. The zero-order valence-corrected chi connectivity index (χ0v) is 18.6. The van der Waals surface area contributed by atoms with Gasteiger partial charge in [-0.25, -0.2) is 0 Å². The fourth-order valence-corrected chi connectivity index (χ4v) is 4.72. The van der Waals surface area contributed by atoms with E-state index < -0.39 is 0 Å². The number of hydrogen-bond donors (Lipinski definition) is 0. The van der Waals surface area contributed by atoms with Crippen LogP contribution in [0.4, 0.5) is 5.69 Å². The van der Waals surface area contributed by atoms with E-state index in [2.05, 4.69) is 13.8 Å². The molecule has 1 aliphatic heterocycles. The largest absolute Gasteiger partial charge is 0.497 e. The number of allylic oxidation sites excluding steroid dienone is 2. The lowest BCUT2D eigenvalue weighted by Crippen LogP contribution is -2.43. The SMILES string of the molecule is CCOc1ccc(N2C(=O)CC(c3cccc(OC)c3)C3=C2CC(C)(C)CC3=O)cc1. The highest BCUT2D eigenvalue weighted by Crippen LogP contribution is 2.48. The zero-order chi connectivity index (χ0) is 22.2. The highest BCUT2D eigenvalue weighted by Gasteiger charge is 2.44. The number of amides is 1. The van der Waals surface area contributed by atoms with Crippen LogP contribution < -0.4 is 14.4 Å². The highest BCUT2D eigenvalue weighted by atomic mass is 16.5. The molecule has 1 atom stereocenters. The van der Waals surface area contributed by atoms with Crippen molar-refractivity contribution in [2.24, 2.45) is 5.41 Å². The minimum absolute atomic E-state index is 0.00114. The number of benzene rings is 2. The standard InChI is InChI=1S/C26H29NO4/c1-5-31-19-11-9-18(10-12-19)27-22-15-26(2,3)16-23(28)25(22)21(14-24(27)29)17-7-6-8-20(13-17)30-4/h6-13,21H,5,14-16H2,1-4H3. The van der Waals surface area contributed by atoms with Crippen LogP contribution in [0.15, 0.2) is 59.8 Å². The van der Waals surface area contributed by atoms with Crippen LogP contribution in [0.3, 0.4) is 0 Å². The van der Waals surface area contributed by atoms with Gasteiger partial charge in [0.25, 0.3) is 0 Å². The van der Waals surface area contributed by atoms with E-state index in [0.29, 0.717) is 19.4 Å². The van der Waals surface area contributed by atoms with Crippen molar-refractivity contribution in [3.8, 4) is 11.5 Å². The Balaban J connectivity index is 1.83. The summed E-state index contributed by atoms with van der Waals surface area (Å²) >= 11 is 0. The Morgan fingerprint density at radius 1 is 1.03 bits per heavy atom. The predicted molar refractivity (Wildman–Crippen MR) is 120 cm³/mol. The van der Waals surface area contributed by atoms with Crippen LogP contribution >= 0.6 is 0 Å². The van der Waals surface area contributed by atoms with E-state index in [1.165, 1.54) is 0 Å². The number of carbonyl (C=O) groups is 2. The number of anilines is 1. The molecule has 0 saturated heterocycles. The van der Waals surface area contributed by atoms with Crippen molar-refractivity contribution in [1.29, 1.82) is 0 Å². The summed E-state index contributed by atoms with van der Waals surface area (Å²) in [4.78, 5) is 28.5. The van der Waals surface area contributed by atoms with Gasteiger partial charge < -0.3 is 9.47 Å². The van der Waals surface area contributed by atoms with Crippen molar-refractivity contribution in [3.63, 3.8) is 0 Å². The van der Waals surface area contributed by atoms with Gasteiger partial charge in [0.15, 0.2) is 5.78 Å². The van der Waals surface area contributed by atoms with Crippen LogP contribution in [0.1, 0.15) is 51.5 Å². The van der Waals surface area contributed by atoms with Gasteiger partial charge in [0.05, 0.1) is 13.7 Å². The molecule has 0 spiro atoms. The van der Waals surface area contributed by atoms with Gasteiger partial charge in [0.2, 0.25) is 5.91 Å². The van der Waals surface area contributed by atoms with E-state index in [4.69, 9.17) is 9.47 Å². The number of carbonyl (C=O) groups excluding carboxylic acids is 2. The van der Waals surface area contributed by atoms with Crippen molar-refractivity contribution in [1.82, 2.24) is 0 Å². The van der Waals surface area contributed by atoms with Gasteiger partial charge in [0.1, 0.15) is 11.5 Å². The molecule has 0 fully saturated rings. The van der Waals surface area contributed by atoms with E-state index in [1.54, 1.807) is 12.0 Å². The Hall–Kier alpha value is -3.08. The molecule has 0 N–H and O–H groups in total.